The highest BCUT2D eigenvalue weighted by Crippen LogP contribution is 2.20. The van der Waals surface area contributed by atoms with Gasteiger partial charge in [-0.1, -0.05) is 11.6 Å². The maximum absolute atomic E-state index is 9.63. The Morgan fingerprint density at radius 1 is 1.30 bits per heavy atom. The van der Waals surface area contributed by atoms with Gasteiger partial charge < -0.3 is 14.6 Å². The molecule has 23 heavy (non-hydrogen) atoms. The molecule has 5 nitrogen and oxygen atoms in total. The smallest absolute Gasteiger partial charge is 0.203 e. The maximum Gasteiger partial charge on any atom is 0.203 e. The molecule has 0 atom stereocenters. The minimum absolute atomic E-state index is 0.149. The van der Waals surface area contributed by atoms with Crippen molar-refractivity contribution in [2.75, 3.05) is 13.1 Å². The second-order valence-corrected chi connectivity index (χ2v) is 6.80. The molecule has 1 fully saturated rings. The molecule has 0 unspecified atom stereocenters. The van der Waals surface area contributed by atoms with Crippen LogP contribution in [0.4, 0.5) is 0 Å². The van der Waals surface area contributed by atoms with E-state index in [0.29, 0.717) is 5.02 Å². The van der Waals surface area contributed by atoms with Crippen LogP contribution < -0.4 is 4.90 Å². The first-order valence-electron chi connectivity index (χ1n) is 8.03. The van der Waals surface area contributed by atoms with Gasteiger partial charge >= 0.3 is 0 Å². The summed E-state index contributed by atoms with van der Waals surface area (Å²) in [4.78, 5) is 1.41. The Labute approximate surface area is 146 Å². The average Bonchev–Trinajstić information content (AvgIpc) is 2.86. The molecule has 7 heteroatoms. The van der Waals surface area contributed by atoms with Gasteiger partial charge in [-0.05, 0) is 43.4 Å². The highest BCUT2D eigenvalue weighted by molar-refractivity contribution is 7.71. The molecule has 0 aliphatic carbocycles. The standard InChI is InChI=1S/C16H21ClN4OS/c1-2-20-15(12-3-5-13(17)6-4-12)18-21(16(20)23)11-19-9-7-14(22)8-10-19/h3-6,14,22H,2,7-11H2,1H3/p+1. The van der Waals surface area contributed by atoms with Gasteiger partial charge in [0.15, 0.2) is 12.5 Å². The number of piperidine rings is 1. The van der Waals surface area contributed by atoms with Crippen molar-refractivity contribution in [1.29, 1.82) is 0 Å². The predicted molar refractivity (Wildman–Crippen MR) is 93.1 cm³/mol. The zero-order valence-electron chi connectivity index (χ0n) is 13.2. The Morgan fingerprint density at radius 3 is 2.57 bits per heavy atom. The fourth-order valence-electron chi connectivity index (χ4n) is 3.02. The van der Waals surface area contributed by atoms with Crippen LogP contribution in [-0.2, 0) is 13.2 Å². The molecule has 1 saturated heterocycles. The summed E-state index contributed by atoms with van der Waals surface area (Å²) >= 11 is 11.6. The van der Waals surface area contributed by atoms with Gasteiger partial charge in [-0.25, -0.2) is 0 Å². The minimum atomic E-state index is -0.149. The van der Waals surface area contributed by atoms with Gasteiger partial charge in [0.25, 0.3) is 0 Å². The number of benzene rings is 1. The third kappa shape index (κ3) is 3.66. The summed E-state index contributed by atoms with van der Waals surface area (Å²) in [5, 5.41) is 15.1. The number of likely N-dealkylation sites (tertiary alicyclic amines) is 1. The van der Waals surface area contributed by atoms with E-state index in [1.807, 2.05) is 28.9 Å². The van der Waals surface area contributed by atoms with Crippen molar-refractivity contribution in [3.05, 3.63) is 34.1 Å². The number of hydrogen-bond donors (Lipinski definition) is 2. The van der Waals surface area contributed by atoms with E-state index in [0.717, 1.165) is 55.3 Å². The van der Waals surface area contributed by atoms with Crippen LogP contribution in [0.3, 0.4) is 0 Å². The lowest BCUT2D eigenvalue weighted by molar-refractivity contribution is -0.929. The van der Waals surface area contributed by atoms with Crippen LogP contribution >= 0.6 is 23.8 Å². The first-order valence-corrected chi connectivity index (χ1v) is 8.82. The number of halogens is 1. The van der Waals surface area contributed by atoms with E-state index in [1.165, 1.54) is 4.90 Å². The highest BCUT2D eigenvalue weighted by atomic mass is 35.5. The number of rotatable bonds is 4. The maximum atomic E-state index is 9.63. The second kappa shape index (κ2) is 7.13. The van der Waals surface area contributed by atoms with Crippen LogP contribution in [0.25, 0.3) is 11.4 Å². The topological polar surface area (TPSA) is 47.4 Å². The molecule has 3 rings (SSSR count). The zero-order chi connectivity index (χ0) is 16.4. The lowest BCUT2D eigenvalue weighted by atomic mass is 10.1. The van der Waals surface area contributed by atoms with Crippen LogP contribution in [0.5, 0.6) is 0 Å². The third-order valence-corrected chi connectivity index (χ3v) is 5.06. The first-order chi connectivity index (χ1) is 11.1. The molecule has 2 heterocycles. The molecular weight excluding hydrogens is 332 g/mol. The number of nitrogens with zero attached hydrogens (tertiary/aromatic N) is 3. The van der Waals surface area contributed by atoms with Crippen molar-refractivity contribution in [2.45, 2.75) is 39.1 Å². The number of aliphatic hydroxyl groups is 1. The van der Waals surface area contributed by atoms with Crippen molar-refractivity contribution in [3.8, 4) is 11.4 Å². The predicted octanol–water partition coefficient (Wildman–Crippen LogP) is 1.75. The molecule has 1 aromatic heterocycles. The Kier molecular flexibility index (Phi) is 5.16. The average molecular weight is 354 g/mol. The summed E-state index contributed by atoms with van der Waals surface area (Å²) < 4.78 is 4.71. The Morgan fingerprint density at radius 2 is 1.96 bits per heavy atom. The summed E-state index contributed by atoms with van der Waals surface area (Å²) in [5.74, 6) is 0.880. The molecule has 0 saturated carbocycles. The normalized spacial score (nSPS) is 21.5. The molecule has 0 spiro atoms. The molecule has 1 aliphatic rings. The summed E-state index contributed by atoms with van der Waals surface area (Å²) in [6.45, 7) is 5.52. The van der Waals surface area contributed by atoms with E-state index >= 15 is 0 Å². The minimum Gasteiger partial charge on any atom is -0.393 e. The molecule has 1 aromatic carbocycles. The van der Waals surface area contributed by atoms with Gasteiger partial charge in [0.1, 0.15) is 0 Å². The lowest BCUT2D eigenvalue weighted by Crippen LogP contribution is -3.12. The summed E-state index contributed by atoms with van der Waals surface area (Å²) in [5.41, 5.74) is 1.02. The van der Waals surface area contributed by atoms with Crippen molar-refractivity contribution in [3.63, 3.8) is 0 Å². The Bertz CT molecular complexity index is 717. The summed E-state index contributed by atoms with van der Waals surface area (Å²) in [6, 6.07) is 7.69. The van der Waals surface area contributed by atoms with E-state index in [2.05, 4.69) is 11.5 Å². The number of nitrogens with one attached hydrogen (secondary N) is 1. The van der Waals surface area contributed by atoms with Gasteiger partial charge in [-0.2, -0.15) is 4.68 Å². The zero-order valence-corrected chi connectivity index (χ0v) is 14.8. The molecule has 2 N–H and O–H groups in total. The largest absolute Gasteiger partial charge is 0.393 e. The van der Waals surface area contributed by atoms with Crippen molar-refractivity contribution < 1.29 is 10.0 Å². The molecular formula is C16H22ClN4OS+. The second-order valence-electron chi connectivity index (χ2n) is 6.00. The molecule has 1 aliphatic heterocycles. The van der Waals surface area contributed by atoms with E-state index in [1.54, 1.807) is 0 Å². The number of aromatic nitrogens is 3. The highest BCUT2D eigenvalue weighted by Gasteiger charge is 2.22. The third-order valence-electron chi connectivity index (χ3n) is 4.38. The fourth-order valence-corrected chi connectivity index (χ4v) is 3.47. The van der Waals surface area contributed by atoms with Gasteiger partial charge in [0.05, 0.1) is 19.2 Å². The van der Waals surface area contributed by atoms with Crippen LogP contribution in [-0.4, -0.2) is 38.6 Å². The van der Waals surface area contributed by atoms with Gasteiger partial charge in [-0.15, -0.1) is 5.10 Å². The van der Waals surface area contributed by atoms with Crippen LogP contribution in [0.2, 0.25) is 5.02 Å². The van der Waals surface area contributed by atoms with E-state index in [4.69, 9.17) is 28.9 Å². The Balaban J connectivity index is 1.87. The summed E-state index contributed by atoms with van der Waals surface area (Å²) in [6.07, 6.45) is 1.55. The summed E-state index contributed by atoms with van der Waals surface area (Å²) in [7, 11) is 0. The van der Waals surface area contributed by atoms with Crippen molar-refractivity contribution in [2.24, 2.45) is 0 Å². The Hall–Kier alpha value is -1.21. The van der Waals surface area contributed by atoms with Crippen molar-refractivity contribution in [1.82, 2.24) is 14.3 Å². The monoisotopic (exact) mass is 353 g/mol. The SMILES string of the molecule is CCn1c(-c2ccc(Cl)cc2)nn(C[NH+]2CCC(O)CC2)c1=S. The van der Waals surface area contributed by atoms with Crippen LogP contribution in [0.1, 0.15) is 19.8 Å². The number of quaternary nitrogens is 1. The lowest BCUT2D eigenvalue weighted by Gasteiger charge is -2.26. The van der Waals surface area contributed by atoms with E-state index in [-0.39, 0.29) is 6.10 Å². The van der Waals surface area contributed by atoms with E-state index < -0.39 is 0 Å². The molecule has 0 radical (unpaired) electrons. The van der Waals surface area contributed by atoms with Gasteiger partial charge in [0.2, 0.25) is 4.77 Å². The number of aliphatic hydroxyl groups excluding tert-OH is 1. The molecule has 2 aromatic rings. The van der Waals surface area contributed by atoms with Crippen LogP contribution in [0, 0.1) is 4.77 Å². The molecule has 124 valence electrons. The quantitative estimate of drug-likeness (QED) is 0.823. The van der Waals surface area contributed by atoms with Gasteiger partial charge in [0, 0.05) is 30.0 Å². The van der Waals surface area contributed by atoms with Crippen molar-refractivity contribution >= 4 is 23.8 Å². The fraction of sp³-hybridized carbons (Fsp3) is 0.500. The van der Waals surface area contributed by atoms with Gasteiger partial charge in [-0.3, -0.25) is 0 Å². The molecule has 0 amide bonds. The number of hydrogen-bond acceptors (Lipinski definition) is 3. The van der Waals surface area contributed by atoms with Crippen LogP contribution in [0.15, 0.2) is 24.3 Å². The van der Waals surface area contributed by atoms with E-state index in [9.17, 15) is 5.11 Å². The first kappa shape index (κ1) is 16.6. The molecule has 0 bridgehead atoms.